The minimum Gasteiger partial charge on any atom is -0.462 e. The summed E-state index contributed by atoms with van der Waals surface area (Å²) in [6.07, 6.45) is 0. The number of hydrogen-bond donors (Lipinski definition) is 1. The van der Waals surface area contributed by atoms with E-state index in [2.05, 4.69) is 0 Å². The highest BCUT2D eigenvalue weighted by atomic mass is 16.5. The molecule has 1 aromatic carbocycles. The Labute approximate surface area is 138 Å². The van der Waals surface area contributed by atoms with E-state index in [1.165, 1.54) is 0 Å². The number of nitrogens with two attached hydrogens (primary N) is 1. The van der Waals surface area contributed by atoms with Crippen molar-refractivity contribution < 1.29 is 18.7 Å². The molecule has 1 aliphatic rings. The van der Waals surface area contributed by atoms with Gasteiger partial charge >= 0.3 is 11.6 Å². The van der Waals surface area contributed by atoms with Crippen LogP contribution in [-0.2, 0) is 9.53 Å². The van der Waals surface area contributed by atoms with Crippen molar-refractivity contribution in [2.24, 2.45) is 5.73 Å². The Hall–Kier alpha value is -3.02. The SMILES string of the molecule is CCOC(=O)C1=C(N)Oc2cc(C)oc(=O)c2[C@H]1c1ccccc1. The van der Waals surface area contributed by atoms with Gasteiger partial charge in [0.15, 0.2) is 0 Å². The molecule has 124 valence electrons. The monoisotopic (exact) mass is 327 g/mol. The highest BCUT2D eigenvalue weighted by Gasteiger charge is 2.38. The normalized spacial score (nSPS) is 16.3. The predicted octanol–water partition coefficient (Wildman–Crippen LogP) is 2.21. The molecule has 6 nitrogen and oxygen atoms in total. The number of aryl methyl sites for hydroxylation is 1. The van der Waals surface area contributed by atoms with E-state index in [9.17, 15) is 9.59 Å². The zero-order valence-electron chi connectivity index (χ0n) is 13.4. The quantitative estimate of drug-likeness (QED) is 0.869. The number of carbonyl (C=O) groups excluding carboxylic acids is 1. The zero-order valence-corrected chi connectivity index (χ0v) is 13.4. The van der Waals surface area contributed by atoms with Crippen molar-refractivity contribution in [2.45, 2.75) is 19.8 Å². The van der Waals surface area contributed by atoms with Crippen LogP contribution < -0.4 is 16.1 Å². The molecule has 2 aromatic rings. The Kier molecular flexibility index (Phi) is 4.12. The summed E-state index contributed by atoms with van der Waals surface area (Å²) in [7, 11) is 0. The van der Waals surface area contributed by atoms with Gasteiger partial charge in [-0.2, -0.15) is 0 Å². The van der Waals surface area contributed by atoms with Crippen molar-refractivity contribution in [3.63, 3.8) is 0 Å². The highest BCUT2D eigenvalue weighted by molar-refractivity contribution is 5.92. The van der Waals surface area contributed by atoms with Gasteiger partial charge in [-0.1, -0.05) is 30.3 Å². The van der Waals surface area contributed by atoms with E-state index >= 15 is 0 Å². The number of benzene rings is 1. The maximum atomic E-state index is 12.4. The molecule has 1 atom stereocenters. The molecular formula is C18H17NO5. The highest BCUT2D eigenvalue weighted by Crippen LogP contribution is 2.41. The van der Waals surface area contributed by atoms with Gasteiger partial charge < -0.3 is 19.6 Å². The smallest absolute Gasteiger partial charge is 0.343 e. The lowest BCUT2D eigenvalue weighted by Crippen LogP contribution is -2.31. The largest absolute Gasteiger partial charge is 0.462 e. The third-order valence-corrected chi connectivity index (χ3v) is 3.76. The molecule has 0 fully saturated rings. The van der Waals surface area contributed by atoms with Gasteiger partial charge in [-0.15, -0.1) is 0 Å². The lowest BCUT2D eigenvalue weighted by atomic mass is 9.84. The molecule has 0 saturated heterocycles. The molecule has 0 amide bonds. The van der Waals surface area contributed by atoms with E-state index in [0.29, 0.717) is 11.5 Å². The molecule has 0 radical (unpaired) electrons. The lowest BCUT2D eigenvalue weighted by molar-refractivity contribution is -0.139. The molecule has 1 aromatic heterocycles. The Balaban J connectivity index is 2.26. The second-order valence-corrected chi connectivity index (χ2v) is 5.37. The van der Waals surface area contributed by atoms with E-state index in [1.807, 2.05) is 30.3 Å². The fourth-order valence-corrected chi connectivity index (χ4v) is 2.80. The minimum absolute atomic E-state index is 0.0696. The molecule has 2 N–H and O–H groups in total. The van der Waals surface area contributed by atoms with Crippen LogP contribution in [0.2, 0.25) is 0 Å². The molecule has 2 heterocycles. The van der Waals surface area contributed by atoms with Crippen LogP contribution in [0.4, 0.5) is 0 Å². The van der Waals surface area contributed by atoms with E-state index in [-0.39, 0.29) is 23.6 Å². The van der Waals surface area contributed by atoms with Crippen LogP contribution in [0.25, 0.3) is 0 Å². The maximum absolute atomic E-state index is 12.4. The molecular weight excluding hydrogens is 310 g/mol. The molecule has 0 spiro atoms. The number of ether oxygens (including phenoxy) is 2. The van der Waals surface area contributed by atoms with Crippen molar-refractivity contribution >= 4 is 5.97 Å². The number of esters is 1. The number of fused-ring (bicyclic) bond motifs is 1. The molecule has 0 aliphatic carbocycles. The van der Waals surface area contributed by atoms with Gasteiger partial charge in [-0.25, -0.2) is 9.59 Å². The van der Waals surface area contributed by atoms with Crippen LogP contribution >= 0.6 is 0 Å². The van der Waals surface area contributed by atoms with Gasteiger partial charge in [0.25, 0.3) is 0 Å². The standard InChI is InChI=1S/C18H17NO5/c1-3-22-17(20)15-13(11-7-5-4-6-8-11)14-12(24-16(15)19)9-10(2)23-18(14)21/h4-9,13H,3,19H2,1-2H3/t13-/m1/s1. The van der Waals surface area contributed by atoms with Crippen molar-refractivity contribution in [2.75, 3.05) is 6.61 Å². The van der Waals surface area contributed by atoms with Crippen molar-refractivity contribution in [3.05, 3.63) is 75.2 Å². The Bertz CT molecular complexity index is 867. The van der Waals surface area contributed by atoms with Gasteiger partial charge in [0.05, 0.1) is 18.1 Å². The molecule has 6 heteroatoms. The lowest BCUT2D eigenvalue weighted by Gasteiger charge is -2.27. The van der Waals surface area contributed by atoms with E-state index in [4.69, 9.17) is 19.6 Å². The van der Waals surface area contributed by atoms with Crippen molar-refractivity contribution in [1.82, 2.24) is 0 Å². The van der Waals surface area contributed by atoms with Crippen LogP contribution in [0.1, 0.15) is 29.7 Å². The predicted molar refractivity (Wildman–Crippen MR) is 86.5 cm³/mol. The molecule has 3 rings (SSSR count). The molecule has 24 heavy (non-hydrogen) atoms. The third kappa shape index (κ3) is 2.67. The summed E-state index contributed by atoms with van der Waals surface area (Å²) in [5, 5.41) is 0. The fourth-order valence-electron chi connectivity index (χ4n) is 2.80. The van der Waals surface area contributed by atoms with Crippen LogP contribution in [0.5, 0.6) is 5.75 Å². The number of rotatable bonds is 3. The van der Waals surface area contributed by atoms with Crippen LogP contribution in [0, 0.1) is 6.92 Å². The van der Waals surface area contributed by atoms with E-state index in [0.717, 1.165) is 5.56 Å². The average molecular weight is 327 g/mol. The zero-order chi connectivity index (χ0) is 17.3. The summed E-state index contributed by atoms with van der Waals surface area (Å²) >= 11 is 0. The number of carbonyl (C=O) groups is 1. The molecule has 0 bridgehead atoms. The third-order valence-electron chi connectivity index (χ3n) is 3.76. The summed E-state index contributed by atoms with van der Waals surface area (Å²) in [4.78, 5) is 24.8. The molecule has 1 aliphatic heterocycles. The van der Waals surface area contributed by atoms with Crippen LogP contribution in [0.15, 0.2) is 57.1 Å². The molecule has 0 unspecified atom stereocenters. The first-order valence-electron chi connectivity index (χ1n) is 7.57. The maximum Gasteiger partial charge on any atom is 0.343 e. The number of hydrogen-bond acceptors (Lipinski definition) is 6. The van der Waals surface area contributed by atoms with Crippen LogP contribution in [0.3, 0.4) is 0 Å². The second kappa shape index (κ2) is 6.23. The van der Waals surface area contributed by atoms with Gasteiger partial charge in [-0.05, 0) is 19.4 Å². The van der Waals surface area contributed by atoms with Crippen LogP contribution in [-0.4, -0.2) is 12.6 Å². The topological polar surface area (TPSA) is 91.8 Å². The van der Waals surface area contributed by atoms with Crippen molar-refractivity contribution in [1.29, 1.82) is 0 Å². The summed E-state index contributed by atoms with van der Waals surface area (Å²) in [5.74, 6) is -0.693. The first kappa shape index (κ1) is 15.9. The second-order valence-electron chi connectivity index (χ2n) is 5.37. The van der Waals surface area contributed by atoms with Crippen molar-refractivity contribution in [3.8, 4) is 5.75 Å². The van der Waals surface area contributed by atoms with Gasteiger partial charge in [-0.3, -0.25) is 0 Å². The van der Waals surface area contributed by atoms with Gasteiger partial charge in [0, 0.05) is 6.07 Å². The summed E-state index contributed by atoms with van der Waals surface area (Å²) in [6.45, 7) is 3.53. The summed E-state index contributed by atoms with van der Waals surface area (Å²) in [6, 6.07) is 10.7. The summed E-state index contributed by atoms with van der Waals surface area (Å²) < 4.78 is 15.8. The van der Waals surface area contributed by atoms with E-state index < -0.39 is 17.5 Å². The first-order chi connectivity index (χ1) is 11.5. The van der Waals surface area contributed by atoms with Gasteiger partial charge in [0.1, 0.15) is 17.1 Å². The Morgan fingerprint density at radius 3 is 2.67 bits per heavy atom. The molecule has 0 saturated carbocycles. The first-order valence-corrected chi connectivity index (χ1v) is 7.57. The van der Waals surface area contributed by atoms with Gasteiger partial charge in [0.2, 0.25) is 5.88 Å². The summed E-state index contributed by atoms with van der Waals surface area (Å²) in [5.41, 5.74) is 6.48. The Morgan fingerprint density at radius 2 is 2.00 bits per heavy atom. The minimum atomic E-state index is -0.703. The fraction of sp³-hybridized carbons (Fsp3) is 0.222. The average Bonchev–Trinajstić information content (AvgIpc) is 2.54. The Morgan fingerprint density at radius 1 is 1.29 bits per heavy atom. The van der Waals surface area contributed by atoms with E-state index in [1.54, 1.807) is 19.9 Å².